The lowest BCUT2D eigenvalue weighted by Crippen LogP contribution is -2.55. The number of piperidine rings is 1. The second kappa shape index (κ2) is 16.4. The van der Waals surface area contributed by atoms with Crippen LogP contribution < -0.4 is 4.74 Å². The number of nitrogens with zero attached hydrogens (tertiary/aromatic N) is 6. The van der Waals surface area contributed by atoms with Crippen molar-refractivity contribution in [2.75, 3.05) is 33.4 Å². The number of amides is 1. The lowest BCUT2D eigenvalue weighted by molar-refractivity contribution is -0.143. The van der Waals surface area contributed by atoms with Crippen LogP contribution in [0.4, 0.5) is 4.39 Å². The van der Waals surface area contributed by atoms with Crippen LogP contribution in [0, 0.1) is 11.7 Å². The Bertz CT molecular complexity index is 1980. The van der Waals surface area contributed by atoms with E-state index in [9.17, 15) is 14.4 Å². The highest BCUT2D eigenvalue weighted by Crippen LogP contribution is 2.44. The van der Waals surface area contributed by atoms with Gasteiger partial charge >= 0.3 is 5.97 Å². The average molecular weight is 743 g/mol. The summed E-state index contributed by atoms with van der Waals surface area (Å²) in [5.41, 5.74) is 2.05. The third kappa shape index (κ3) is 8.49. The number of fused-ring (bicyclic) bond motifs is 1. The number of aromatic nitrogens is 4. The van der Waals surface area contributed by atoms with Crippen LogP contribution in [0.1, 0.15) is 78.7 Å². The highest BCUT2D eigenvalue weighted by molar-refractivity contribution is 6.31. The quantitative estimate of drug-likeness (QED) is 0.119. The first-order valence-electron chi connectivity index (χ1n) is 17.9. The Morgan fingerprint density at radius 2 is 1.81 bits per heavy atom. The van der Waals surface area contributed by atoms with Crippen molar-refractivity contribution in [2.24, 2.45) is 5.92 Å². The number of likely N-dealkylation sites (tertiary alicyclic amines) is 1. The predicted molar refractivity (Wildman–Crippen MR) is 198 cm³/mol. The van der Waals surface area contributed by atoms with Crippen molar-refractivity contribution in [2.45, 2.75) is 64.5 Å². The molecule has 1 saturated heterocycles. The molecule has 4 aromatic rings. The number of tetrazole rings is 1. The summed E-state index contributed by atoms with van der Waals surface area (Å²) in [6.07, 6.45) is 7.53. The Morgan fingerprint density at radius 1 is 1.06 bits per heavy atom. The van der Waals surface area contributed by atoms with Gasteiger partial charge in [0.25, 0.3) is 0 Å². The third-order valence-electron chi connectivity index (χ3n) is 10.1. The largest absolute Gasteiger partial charge is 0.493 e. The van der Waals surface area contributed by atoms with Gasteiger partial charge in [0, 0.05) is 29.2 Å². The summed E-state index contributed by atoms with van der Waals surface area (Å²) in [6, 6.07) is 14.3. The first kappa shape index (κ1) is 37.8. The van der Waals surface area contributed by atoms with Crippen LogP contribution in [0.15, 0.2) is 67.0 Å². The van der Waals surface area contributed by atoms with E-state index in [1.807, 2.05) is 32.0 Å². The molecule has 11 nitrogen and oxygen atoms in total. The summed E-state index contributed by atoms with van der Waals surface area (Å²) in [7, 11) is 2.15. The van der Waals surface area contributed by atoms with Gasteiger partial charge in [0.05, 0.1) is 29.5 Å². The maximum Gasteiger partial charge on any atom is 0.338 e. The highest BCUT2D eigenvalue weighted by atomic mass is 35.5. The fourth-order valence-corrected chi connectivity index (χ4v) is 7.46. The van der Waals surface area contributed by atoms with Gasteiger partial charge in [-0.1, -0.05) is 35.9 Å². The molecule has 1 atom stereocenters. The van der Waals surface area contributed by atoms with Crippen molar-refractivity contribution in [3.8, 4) is 11.4 Å². The maximum atomic E-state index is 15.5. The van der Waals surface area contributed by atoms with Gasteiger partial charge in [0.15, 0.2) is 11.6 Å². The van der Waals surface area contributed by atoms with E-state index >= 15 is 4.39 Å². The minimum atomic E-state index is -0.990. The molecule has 3 aromatic carbocycles. The highest BCUT2D eigenvalue weighted by Gasteiger charge is 2.45. The molecule has 1 aromatic heterocycles. The van der Waals surface area contributed by atoms with Crippen LogP contribution >= 0.6 is 11.6 Å². The van der Waals surface area contributed by atoms with E-state index in [0.29, 0.717) is 41.4 Å². The van der Waals surface area contributed by atoms with E-state index in [4.69, 9.17) is 21.1 Å². The van der Waals surface area contributed by atoms with Crippen LogP contribution in [-0.4, -0.2) is 86.6 Å². The Balaban J connectivity index is 1.33. The molecule has 0 spiro atoms. The maximum absolute atomic E-state index is 15.5. The molecule has 0 saturated carbocycles. The number of hydrogen-bond acceptors (Lipinski definition) is 9. The van der Waals surface area contributed by atoms with Crippen LogP contribution in [0.3, 0.4) is 0 Å². The van der Waals surface area contributed by atoms with Crippen molar-refractivity contribution in [1.82, 2.24) is 30.0 Å². The van der Waals surface area contributed by atoms with E-state index in [-0.39, 0.29) is 35.1 Å². The van der Waals surface area contributed by atoms with E-state index in [1.54, 1.807) is 42.2 Å². The van der Waals surface area contributed by atoms with E-state index in [0.717, 1.165) is 37.9 Å². The van der Waals surface area contributed by atoms with Crippen molar-refractivity contribution in [1.29, 1.82) is 0 Å². The molecule has 1 fully saturated rings. The topological polar surface area (TPSA) is 120 Å². The second-order valence-electron chi connectivity index (χ2n) is 14.3. The Labute approximate surface area is 313 Å². The van der Waals surface area contributed by atoms with Crippen LogP contribution in [-0.2, 0) is 27.2 Å². The van der Waals surface area contributed by atoms with Crippen LogP contribution in [0.2, 0.25) is 5.02 Å². The number of halogens is 2. The monoisotopic (exact) mass is 742 g/mol. The second-order valence-corrected chi connectivity index (χ2v) is 14.7. The zero-order valence-electron chi connectivity index (χ0n) is 30.4. The number of carbonyl (C=O) groups excluding carboxylic acids is 3. The number of rotatable bonds is 12. The minimum absolute atomic E-state index is 0.00956. The number of carbonyl (C=O) groups is 3. The fraction of sp³-hybridized carbons (Fsp3) is 0.400. The van der Waals surface area contributed by atoms with Crippen molar-refractivity contribution in [3.05, 3.63) is 106 Å². The molecule has 1 amide bonds. The van der Waals surface area contributed by atoms with E-state index in [2.05, 4.69) is 27.5 Å². The van der Waals surface area contributed by atoms with E-state index < -0.39 is 29.3 Å². The summed E-state index contributed by atoms with van der Waals surface area (Å²) < 4.78 is 28.3. The van der Waals surface area contributed by atoms with Gasteiger partial charge in [-0.25, -0.2) is 9.18 Å². The average Bonchev–Trinajstić information content (AvgIpc) is 3.68. The molecule has 0 N–H and O–H groups in total. The van der Waals surface area contributed by atoms with Gasteiger partial charge in [0.2, 0.25) is 5.91 Å². The van der Waals surface area contributed by atoms with Gasteiger partial charge in [-0.2, -0.15) is 4.68 Å². The minimum Gasteiger partial charge on any atom is -0.493 e. The third-order valence-corrected chi connectivity index (χ3v) is 10.4. The van der Waals surface area contributed by atoms with Crippen molar-refractivity contribution >= 4 is 35.3 Å². The Kier molecular flexibility index (Phi) is 11.7. The summed E-state index contributed by atoms with van der Waals surface area (Å²) in [5, 5.41) is 11.0. The van der Waals surface area contributed by atoms with Gasteiger partial charge in [-0.15, -0.1) is 5.10 Å². The summed E-state index contributed by atoms with van der Waals surface area (Å²) in [6.45, 7) is 8.53. The van der Waals surface area contributed by atoms with Gasteiger partial charge in [-0.05, 0) is 130 Å². The first-order valence-corrected chi connectivity index (χ1v) is 18.3. The molecule has 6 rings (SSSR count). The van der Waals surface area contributed by atoms with Gasteiger partial charge < -0.3 is 19.3 Å². The molecule has 0 bridgehead atoms. The molecular weight excluding hydrogens is 699 g/mol. The van der Waals surface area contributed by atoms with Crippen molar-refractivity contribution < 1.29 is 28.2 Å². The predicted octanol–water partition coefficient (Wildman–Crippen LogP) is 6.47. The molecule has 2 aliphatic heterocycles. The SMILES string of the molecule is CCOC(=O)c1ccc(CC(=O)C2c3cccc(OCCC4CCN(C)CC4)c3CC(C)(C)N2C(=O)/C=C/c2c(-n3cnnn3)ccc(Cl)c2F)cc1. The summed E-state index contributed by atoms with van der Waals surface area (Å²) in [4.78, 5) is 45.1. The molecule has 278 valence electrons. The molecule has 2 aliphatic rings. The van der Waals surface area contributed by atoms with Gasteiger partial charge in [0.1, 0.15) is 18.1 Å². The standard InChI is InChI=1S/C40H44ClFN6O5/c1-5-52-39(51)28-11-9-27(10-12-28)23-34(49)38-29-7-6-8-35(53-22-19-26-17-20-46(4)21-18-26)31(29)24-40(2,3)48(38)36(50)16-13-30-33(47-25-43-44-45-47)15-14-32(41)37(30)42/h6-16,25-26,38H,5,17-24H2,1-4H3/b16-13+. The molecule has 13 heteroatoms. The van der Waals surface area contributed by atoms with Crippen LogP contribution in [0.5, 0.6) is 5.75 Å². The molecule has 3 heterocycles. The summed E-state index contributed by atoms with van der Waals surface area (Å²) in [5.74, 6) is -0.608. The lowest BCUT2D eigenvalue weighted by atomic mass is 9.78. The Morgan fingerprint density at radius 3 is 2.51 bits per heavy atom. The molecule has 0 aliphatic carbocycles. The zero-order chi connectivity index (χ0) is 37.7. The van der Waals surface area contributed by atoms with Crippen LogP contribution in [0.25, 0.3) is 11.8 Å². The van der Waals surface area contributed by atoms with Gasteiger partial charge in [-0.3, -0.25) is 9.59 Å². The molecule has 1 unspecified atom stereocenters. The molecule has 53 heavy (non-hydrogen) atoms. The number of ketones is 1. The van der Waals surface area contributed by atoms with E-state index in [1.165, 1.54) is 29.2 Å². The number of Topliss-reactive ketones (excluding diaryl/α,β-unsaturated/α-hetero) is 1. The fourth-order valence-electron chi connectivity index (χ4n) is 7.29. The molecule has 0 radical (unpaired) electrons. The number of ether oxygens (including phenoxy) is 2. The smallest absolute Gasteiger partial charge is 0.338 e. The number of hydrogen-bond donors (Lipinski definition) is 0. The normalized spacial score (nSPS) is 17.5. The lowest BCUT2D eigenvalue weighted by Gasteiger charge is -2.48. The Hall–Kier alpha value is -4.94. The number of benzene rings is 3. The first-order chi connectivity index (χ1) is 25.5. The van der Waals surface area contributed by atoms with Crippen molar-refractivity contribution in [3.63, 3.8) is 0 Å². The number of esters is 1. The zero-order valence-corrected chi connectivity index (χ0v) is 31.2. The summed E-state index contributed by atoms with van der Waals surface area (Å²) >= 11 is 6.15. The molecular formula is C40H44ClFN6O5.